The summed E-state index contributed by atoms with van der Waals surface area (Å²) in [6.07, 6.45) is 2.35. The zero-order chi connectivity index (χ0) is 11.5. The first-order valence-corrected chi connectivity index (χ1v) is 4.88. The molecule has 0 spiro atoms. The lowest BCUT2D eigenvalue weighted by Crippen LogP contribution is -1.91. The molecule has 1 aromatic carbocycles. The van der Waals surface area contributed by atoms with E-state index in [1.54, 1.807) is 12.3 Å². The number of carbonyl (C=O) groups is 1. The van der Waals surface area contributed by atoms with Gasteiger partial charge in [-0.3, -0.25) is 9.78 Å². The van der Waals surface area contributed by atoms with E-state index in [1.807, 2.05) is 19.1 Å². The van der Waals surface area contributed by atoms with Crippen molar-refractivity contribution in [3.8, 4) is 11.3 Å². The van der Waals surface area contributed by atoms with E-state index < -0.39 is 5.82 Å². The number of aldehydes is 1. The first kappa shape index (κ1) is 10.5. The zero-order valence-electron chi connectivity index (χ0n) is 8.77. The van der Waals surface area contributed by atoms with Gasteiger partial charge < -0.3 is 0 Å². The SMILES string of the molecule is Cc1ccc(-c2ccc(F)cc2C=O)nc1. The van der Waals surface area contributed by atoms with Crippen LogP contribution in [0.5, 0.6) is 0 Å². The normalized spacial score (nSPS) is 10.1. The van der Waals surface area contributed by atoms with E-state index in [-0.39, 0.29) is 0 Å². The van der Waals surface area contributed by atoms with Crippen molar-refractivity contribution < 1.29 is 9.18 Å². The lowest BCUT2D eigenvalue weighted by molar-refractivity contribution is 0.112. The van der Waals surface area contributed by atoms with Crippen LogP contribution in [-0.4, -0.2) is 11.3 Å². The Morgan fingerprint density at radius 3 is 2.69 bits per heavy atom. The third-order valence-corrected chi connectivity index (χ3v) is 2.33. The molecular formula is C13H10FNO. The van der Waals surface area contributed by atoms with E-state index in [1.165, 1.54) is 12.1 Å². The summed E-state index contributed by atoms with van der Waals surface area (Å²) < 4.78 is 12.9. The Morgan fingerprint density at radius 1 is 1.25 bits per heavy atom. The largest absolute Gasteiger partial charge is 0.298 e. The Bertz CT molecular complexity index is 520. The number of nitrogens with zero attached hydrogens (tertiary/aromatic N) is 1. The highest BCUT2D eigenvalue weighted by molar-refractivity contribution is 5.86. The van der Waals surface area contributed by atoms with Crippen LogP contribution in [0.25, 0.3) is 11.3 Å². The summed E-state index contributed by atoms with van der Waals surface area (Å²) in [4.78, 5) is 15.0. The molecule has 0 aliphatic heterocycles. The Balaban J connectivity index is 2.55. The Labute approximate surface area is 92.8 Å². The molecule has 0 amide bonds. The van der Waals surface area contributed by atoms with Gasteiger partial charge in [0, 0.05) is 17.3 Å². The predicted molar refractivity (Wildman–Crippen MR) is 59.8 cm³/mol. The van der Waals surface area contributed by atoms with Crippen molar-refractivity contribution in [2.45, 2.75) is 6.92 Å². The molecule has 0 radical (unpaired) electrons. The summed E-state index contributed by atoms with van der Waals surface area (Å²) in [7, 11) is 0. The average molecular weight is 215 g/mol. The summed E-state index contributed by atoms with van der Waals surface area (Å²) in [5, 5.41) is 0. The van der Waals surface area contributed by atoms with Crippen LogP contribution in [0.1, 0.15) is 15.9 Å². The van der Waals surface area contributed by atoms with Crippen LogP contribution in [0, 0.1) is 12.7 Å². The van der Waals surface area contributed by atoms with Crippen LogP contribution < -0.4 is 0 Å². The van der Waals surface area contributed by atoms with Crippen molar-refractivity contribution in [1.29, 1.82) is 0 Å². The van der Waals surface area contributed by atoms with Crippen LogP contribution in [0.15, 0.2) is 36.5 Å². The second-order valence-corrected chi connectivity index (χ2v) is 3.57. The summed E-state index contributed by atoms with van der Waals surface area (Å²) in [5.41, 5.74) is 2.68. The molecule has 0 fully saturated rings. The predicted octanol–water partition coefficient (Wildman–Crippen LogP) is 3.01. The van der Waals surface area contributed by atoms with E-state index in [0.717, 1.165) is 5.56 Å². The first-order chi connectivity index (χ1) is 7.70. The Morgan fingerprint density at radius 2 is 2.06 bits per heavy atom. The second kappa shape index (κ2) is 4.23. The van der Waals surface area contributed by atoms with E-state index in [4.69, 9.17) is 0 Å². The van der Waals surface area contributed by atoms with Gasteiger partial charge in [-0.1, -0.05) is 6.07 Å². The van der Waals surface area contributed by atoms with E-state index in [2.05, 4.69) is 4.98 Å². The molecule has 0 bridgehead atoms. The van der Waals surface area contributed by atoms with Gasteiger partial charge in [0.05, 0.1) is 5.69 Å². The number of aryl methyl sites for hydroxylation is 1. The molecule has 80 valence electrons. The minimum atomic E-state index is -0.419. The molecule has 2 nitrogen and oxygen atoms in total. The molecule has 1 aromatic heterocycles. The van der Waals surface area contributed by atoms with Gasteiger partial charge in [0.25, 0.3) is 0 Å². The van der Waals surface area contributed by atoms with Crippen LogP contribution in [0.3, 0.4) is 0 Å². The highest BCUT2D eigenvalue weighted by Crippen LogP contribution is 2.21. The third kappa shape index (κ3) is 1.98. The smallest absolute Gasteiger partial charge is 0.150 e. The topological polar surface area (TPSA) is 30.0 Å². The maximum atomic E-state index is 12.9. The van der Waals surface area contributed by atoms with Gasteiger partial charge in [-0.2, -0.15) is 0 Å². The molecule has 0 aliphatic carbocycles. The zero-order valence-corrected chi connectivity index (χ0v) is 8.77. The Kier molecular flexibility index (Phi) is 2.77. The van der Waals surface area contributed by atoms with Gasteiger partial charge in [-0.25, -0.2) is 4.39 Å². The van der Waals surface area contributed by atoms with Crippen molar-refractivity contribution >= 4 is 6.29 Å². The number of rotatable bonds is 2. The monoisotopic (exact) mass is 215 g/mol. The van der Waals surface area contributed by atoms with Crippen LogP contribution >= 0.6 is 0 Å². The number of halogens is 1. The molecule has 0 saturated heterocycles. The van der Waals surface area contributed by atoms with Crippen molar-refractivity contribution in [3.05, 3.63) is 53.5 Å². The van der Waals surface area contributed by atoms with Crippen LogP contribution in [0.2, 0.25) is 0 Å². The molecule has 3 heteroatoms. The highest BCUT2D eigenvalue weighted by atomic mass is 19.1. The number of hydrogen-bond acceptors (Lipinski definition) is 2. The van der Waals surface area contributed by atoms with Crippen molar-refractivity contribution in [1.82, 2.24) is 4.98 Å². The number of pyridine rings is 1. The van der Waals surface area contributed by atoms with Crippen molar-refractivity contribution in [2.24, 2.45) is 0 Å². The standard InChI is InChI=1S/C13H10FNO/c1-9-2-5-13(15-7-9)12-4-3-11(14)6-10(12)8-16/h2-8H,1H3. The van der Waals surface area contributed by atoms with Gasteiger partial charge in [0.15, 0.2) is 6.29 Å². The maximum absolute atomic E-state index is 12.9. The summed E-state index contributed by atoms with van der Waals surface area (Å²) in [5.74, 6) is -0.419. The summed E-state index contributed by atoms with van der Waals surface area (Å²) in [6, 6.07) is 7.82. The van der Waals surface area contributed by atoms with E-state index in [9.17, 15) is 9.18 Å². The molecule has 0 unspecified atom stereocenters. The summed E-state index contributed by atoms with van der Waals surface area (Å²) in [6.45, 7) is 1.93. The molecule has 0 saturated carbocycles. The number of carbonyl (C=O) groups excluding carboxylic acids is 1. The first-order valence-electron chi connectivity index (χ1n) is 4.88. The van der Waals surface area contributed by atoms with Gasteiger partial charge in [-0.15, -0.1) is 0 Å². The quantitative estimate of drug-likeness (QED) is 0.721. The molecule has 0 N–H and O–H groups in total. The number of aromatic nitrogens is 1. The molecule has 0 aliphatic rings. The van der Waals surface area contributed by atoms with Gasteiger partial charge in [0.2, 0.25) is 0 Å². The van der Waals surface area contributed by atoms with Gasteiger partial charge in [-0.05, 0) is 36.8 Å². The van der Waals surface area contributed by atoms with E-state index in [0.29, 0.717) is 23.1 Å². The average Bonchev–Trinajstić information content (AvgIpc) is 2.30. The fraction of sp³-hybridized carbons (Fsp3) is 0.0769. The Hall–Kier alpha value is -2.03. The second-order valence-electron chi connectivity index (χ2n) is 3.57. The van der Waals surface area contributed by atoms with Crippen molar-refractivity contribution in [2.75, 3.05) is 0 Å². The molecular weight excluding hydrogens is 205 g/mol. The molecule has 16 heavy (non-hydrogen) atoms. The van der Waals surface area contributed by atoms with Crippen LogP contribution in [-0.2, 0) is 0 Å². The summed E-state index contributed by atoms with van der Waals surface area (Å²) >= 11 is 0. The van der Waals surface area contributed by atoms with Gasteiger partial charge in [0.1, 0.15) is 5.82 Å². The fourth-order valence-electron chi connectivity index (χ4n) is 1.49. The minimum Gasteiger partial charge on any atom is -0.298 e. The maximum Gasteiger partial charge on any atom is 0.150 e. The van der Waals surface area contributed by atoms with Crippen LogP contribution in [0.4, 0.5) is 4.39 Å². The van der Waals surface area contributed by atoms with Crippen molar-refractivity contribution in [3.63, 3.8) is 0 Å². The molecule has 2 rings (SSSR count). The number of hydrogen-bond donors (Lipinski definition) is 0. The number of benzene rings is 1. The lowest BCUT2D eigenvalue weighted by atomic mass is 10.0. The molecule has 0 atom stereocenters. The third-order valence-electron chi connectivity index (χ3n) is 2.33. The molecule has 2 aromatic rings. The lowest BCUT2D eigenvalue weighted by Gasteiger charge is -2.04. The highest BCUT2D eigenvalue weighted by Gasteiger charge is 2.06. The van der Waals surface area contributed by atoms with Gasteiger partial charge >= 0.3 is 0 Å². The van der Waals surface area contributed by atoms with E-state index >= 15 is 0 Å². The minimum absolute atomic E-state index is 0.316. The molecule has 1 heterocycles. The fourth-order valence-corrected chi connectivity index (χ4v) is 1.49.